The summed E-state index contributed by atoms with van der Waals surface area (Å²) in [5.74, 6) is 0.967. The predicted molar refractivity (Wildman–Crippen MR) is 153 cm³/mol. The molecule has 1 nitrogen and oxygen atoms in total. The zero-order valence-electron chi connectivity index (χ0n) is 22.2. The van der Waals surface area contributed by atoms with E-state index in [1.807, 2.05) is 0 Å². The smallest absolute Gasteiger partial charge is 0.00671 e. The lowest BCUT2D eigenvalue weighted by molar-refractivity contribution is 0.340. The van der Waals surface area contributed by atoms with Crippen LogP contribution in [0.5, 0.6) is 0 Å². The third-order valence-corrected chi connectivity index (χ3v) is 7.50. The SMILES string of the molecule is CCC1CCCCCCCCC(NCCCCCCCC2=C/C=C\C=C/C=C\C=C/C=C\2)CC1. The normalized spacial score (nSPS) is 29.1. The van der Waals surface area contributed by atoms with Crippen molar-refractivity contribution >= 4 is 0 Å². The van der Waals surface area contributed by atoms with Crippen molar-refractivity contribution in [1.82, 2.24) is 5.32 Å². The van der Waals surface area contributed by atoms with Crippen LogP contribution in [0, 0.1) is 5.92 Å². The highest BCUT2D eigenvalue weighted by molar-refractivity contribution is 5.29. The molecule has 0 amide bonds. The van der Waals surface area contributed by atoms with Gasteiger partial charge in [0, 0.05) is 6.04 Å². The number of unbranched alkanes of at least 4 members (excludes halogenated alkanes) is 4. The molecule has 0 aliphatic heterocycles. The van der Waals surface area contributed by atoms with Gasteiger partial charge in [0.25, 0.3) is 0 Å². The van der Waals surface area contributed by atoms with Gasteiger partial charge >= 0.3 is 0 Å². The van der Waals surface area contributed by atoms with Crippen molar-refractivity contribution in [3.63, 3.8) is 0 Å². The number of nitrogens with one attached hydrogen (secondary N) is 1. The molecule has 190 valence electrons. The lowest BCUT2D eigenvalue weighted by Crippen LogP contribution is -2.30. The summed E-state index contributed by atoms with van der Waals surface area (Å²) in [7, 11) is 0. The van der Waals surface area contributed by atoms with Gasteiger partial charge in [0.1, 0.15) is 0 Å². The molecule has 0 heterocycles. The van der Waals surface area contributed by atoms with Crippen LogP contribution in [0.15, 0.2) is 72.4 Å². The molecule has 0 bridgehead atoms. The molecule has 1 N–H and O–H groups in total. The summed E-state index contributed by atoms with van der Waals surface area (Å²) in [6, 6.07) is 0.765. The number of hydrogen-bond donors (Lipinski definition) is 1. The van der Waals surface area contributed by atoms with Gasteiger partial charge in [0.15, 0.2) is 0 Å². The van der Waals surface area contributed by atoms with E-state index in [4.69, 9.17) is 0 Å². The lowest BCUT2D eigenvalue weighted by Gasteiger charge is -2.23. The largest absolute Gasteiger partial charge is 0.314 e. The van der Waals surface area contributed by atoms with Crippen molar-refractivity contribution in [2.24, 2.45) is 5.92 Å². The molecule has 0 aromatic carbocycles. The maximum absolute atomic E-state index is 3.95. The summed E-state index contributed by atoms with van der Waals surface area (Å²) in [4.78, 5) is 0. The van der Waals surface area contributed by atoms with E-state index in [0.29, 0.717) is 0 Å². The van der Waals surface area contributed by atoms with Gasteiger partial charge in [-0.25, -0.2) is 0 Å². The molecular weight excluding hydrogens is 410 g/mol. The first-order chi connectivity index (χ1) is 16.9. The highest BCUT2D eigenvalue weighted by Gasteiger charge is 2.13. The summed E-state index contributed by atoms with van der Waals surface area (Å²) < 4.78 is 0. The third-order valence-electron chi connectivity index (χ3n) is 7.50. The molecule has 34 heavy (non-hydrogen) atoms. The molecule has 1 fully saturated rings. The standard InChI is InChI=1S/C33H53N/c1-2-31-23-17-11-8-9-15-21-27-33(29-28-31)34-30-22-16-10-14-20-26-32-24-18-12-6-4-3-5-7-13-19-25-32/h3-7,12-13,18-19,24-25,31,33-34H,2,8-11,14-17,20-23,26-30H2,1H3/b4-3-,5-3?,6-4?,7-5-,12-6-,13-7?,18-12?,19-13-,24-18-,25-19?,32-24?,32-25+. The Balaban J connectivity index is 1.59. The molecular formula is C33H53N. The number of rotatable bonds is 10. The van der Waals surface area contributed by atoms with E-state index in [-0.39, 0.29) is 0 Å². The van der Waals surface area contributed by atoms with E-state index in [2.05, 4.69) is 79.1 Å². The molecule has 2 aliphatic rings. The van der Waals surface area contributed by atoms with E-state index in [1.165, 1.54) is 121 Å². The van der Waals surface area contributed by atoms with Gasteiger partial charge in [-0.1, -0.05) is 144 Å². The molecule has 0 saturated heterocycles. The number of hydrogen-bond acceptors (Lipinski definition) is 1. The minimum atomic E-state index is 0.765. The fourth-order valence-electron chi connectivity index (χ4n) is 5.19. The van der Waals surface area contributed by atoms with Crippen molar-refractivity contribution in [2.75, 3.05) is 6.54 Å². The highest BCUT2D eigenvalue weighted by Crippen LogP contribution is 2.23. The zero-order chi connectivity index (χ0) is 23.9. The van der Waals surface area contributed by atoms with Gasteiger partial charge in [-0.05, 0) is 56.6 Å². The molecule has 2 unspecified atom stereocenters. The fourth-order valence-corrected chi connectivity index (χ4v) is 5.19. The van der Waals surface area contributed by atoms with Crippen LogP contribution < -0.4 is 5.32 Å². The fraction of sp³-hybridized carbons (Fsp3) is 0.636. The Morgan fingerprint density at radius 1 is 0.618 bits per heavy atom. The van der Waals surface area contributed by atoms with Gasteiger partial charge in [-0.15, -0.1) is 0 Å². The Labute approximate surface area is 212 Å². The van der Waals surface area contributed by atoms with Crippen molar-refractivity contribution in [1.29, 1.82) is 0 Å². The molecule has 2 atom stereocenters. The summed E-state index contributed by atoms with van der Waals surface area (Å²) in [5.41, 5.74) is 1.42. The van der Waals surface area contributed by atoms with Crippen molar-refractivity contribution in [3.05, 3.63) is 72.4 Å². The average Bonchev–Trinajstić information content (AvgIpc) is 2.83. The molecule has 0 radical (unpaired) electrons. The second-order valence-electron chi connectivity index (χ2n) is 10.4. The first kappa shape index (κ1) is 28.6. The van der Waals surface area contributed by atoms with E-state index < -0.39 is 0 Å². The maximum atomic E-state index is 3.95. The first-order valence-electron chi connectivity index (χ1n) is 14.7. The van der Waals surface area contributed by atoms with Crippen molar-refractivity contribution < 1.29 is 0 Å². The van der Waals surface area contributed by atoms with Crippen molar-refractivity contribution in [2.45, 2.75) is 122 Å². The van der Waals surface area contributed by atoms with Crippen LogP contribution in [-0.2, 0) is 0 Å². The van der Waals surface area contributed by atoms with Crippen LogP contribution in [0.1, 0.15) is 116 Å². The van der Waals surface area contributed by atoms with Crippen LogP contribution in [-0.4, -0.2) is 12.6 Å². The zero-order valence-corrected chi connectivity index (χ0v) is 22.2. The van der Waals surface area contributed by atoms with Crippen LogP contribution in [0.2, 0.25) is 0 Å². The van der Waals surface area contributed by atoms with Gasteiger partial charge in [0.05, 0.1) is 0 Å². The Bertz CT molecular complexity index is 660. The first-order valence-corrected chi connectivity index (χ1v) is 14.7. The second-order valence-corrected chi connectivity index (χ2v) is 10.4. The van der Waals surface area contributed by atoms with Crippen molar-refractivity contribution in [3.8, 4) is 0 Å². The Hall–Kier alpha value is -1.60. The molecule has 2 rings (SSSR count). The quantitative estimate of drug-likeness (QED) is 0.318. The predicted octanol–water partition coefficient (Wildman–Crippen LogP) is 9.95. The molecule has 0 aromatic rings. The molecule has 1 heteroatoms. The lowest BCUT2D eigenvalue weighted by atomic mass is 9.89. The minimum Gasteiger partial charge on any atom is -0.314 e. The Kier molecular flexibility index (Phi) is 17.5. The second kappa shape index (κ2) is 20.7. The van der Waals surface area contributed by atoms with E-state index in [0.717, 1.165) is 12.0 Å². The average molecular weight is 464 g/mol. The molecule has 0 spiro atoms. The summed E-state index contributed by atoms with van der Waals surface area (Å²) in [6.45, 7) is 3.62. The Morgan fingerprint density at radius 2 is 1.24 bits per heavy atom. The summed E-state index contributed by atoms with van der Waals surface area (Å²) in [6.07, 6.45) is 47.1. The minimum absolute atomic E-state index is 0.765. The van der Waals surface area contributed by atoms with E-state index in [1.54, 1.807) is 0 Å². The molecule has 0 aromatic heterocycles. The van der Waals surface area contributed by atoms with Gasteiger partial charge < -0.3 is 5.32 Å². The monoisotopic (exact) mass is 463 g/mol. The molecule has 2 aliphatic carbocycles. The van der Waals surface area contributed by atoms with Gasteiger partial charge in [-0.3, -0.25) is 0 Å². The topological polar surface area (TPSA) is 12.0 Å². The van der Waals surface area contributed by atoms with E-state index >= 15 is 0 Å². The van der Waals surface area contributed by atoms with E-state index in [9.17, 15) is 0 Å². The van der Waals surface area contributed by atoms with Crippen LogP contribution in [0.3, 0.4) is 0 Å². The highest BCUT2D eigenvalue weighted by atomic mass is 14.9. The van der Waals surface area contributed by atoms with Gasteiger partial charge in [0.2, 0.25) is 0 Å². The van der Waals surface area contributed by atoms with Crippen LogP contribution in [0.25, 0.3) is 0 Å². The molecule has 1 saturated carbocycles. The third kappa shape index (κ3) is 15.3. The number of allylic oxidation sites excluding steroid dienone is 12. The summed E-state index contributed by atoms with van der Waals surface area (Å²) in [5, 5.41) is 3.95. The van der Waals surface area contributed by atoms with Crippen LogP contribution >= 0.6 is 0 Å². The maximum Gasteiger partial charge on any atom is 0.00671 e. The van der Waals surface area contributed by atoms with Gasteiger partial charge in [-0.2, -0.15) is 0 Å². The van der Waals surface area contributed by atoms with Crippen LogP contribution in [0.4, 0.5) is 0 Å². The summed E-state index contributed by atoms with van der Waals surface area (Å²) >= 11 is 0. The Morgan fingerprint density at radius 3 is 2.00 bits per heavy atom.